The first kappa shape index (κ1) is 21.8. The van der Waals surface area contributed by atoms with Crippen LogP contribution in [0.15, 0.2) is 60.7 Å². The Morgan fingerprint density at radius 2 is 1.56 bits per heavy atom. The number of anilines is 1. The molecule has 9 heteroatoms. The first-order valence-corrected chi connectivity index (χ1v) is 13.4. The number of likely N-dealkylation sites (N-methyl/N-ethyl adjacent to an activating group) is 1. The van der Waals surface area contributed by atoms with E-state index < -0.39 is 0 Å². The normalized spacial score (nSPS) is 17.3. The van der Waals surface area contributed by atoms with Crippen molar-refractivity contribution in [1.82, 2.24) is 34.8 Å². The number of hydrogen-bond acceptors (Lipinski definition) is 8. The second-order valence-electron chi connectivity index (χ2n) is 9.74. The lowest BCUT2D eigenvalue weighted by Gasteiger charge is -2.40. The van der Waals surface area contributed by atoms with Crippen molar-refractivity contribution in [2.45, 2.75) is 19.0 Å². The highest BCUT2D eigenvalue weighted by atomic mass is 32.1. The Morgan fingerprint density at radius 1 is 0.861 bits per heavy atom. The molecule has 0 aliphatic carbocycles. The smallest absolute Gasteiger partial charge is 0.276 e. The lowest BCUT2D eigenvalue weighted by Crippen LogP contribution is -2.48. The average molecular weight is 497 g/mol. The summed E-state index contributed by atoms with van der Waals surface area (Å²) in [5.41, 5.74) is 4.11. The maximum Gasteiger partial charge on any atom is 0.276 e. The summed E-state index contributed by atoms with van der Waals surface area (Å²) < 4.78 is 1.82. The van der Waals surface area contributed by atoms with Gasteiger partial charge in [-0.25, -0.2) is 0 Å². The molecule has 0 radical (unpaired) electrons. The van der Waals surface area contributed by atoms with Crippen LogP contribution in [0.4, 0.5) is 5.82 Å². The van der Waals surface area contributed by atoms with Gasteiger partial charge in [-0.1, -0.05) is 65.8 Å². The molecule has 1 fully saturated rings. The first-order valence-electron chi connectivity index (χ1n) is 12.6. The van der Waals surface area contributed by atoms with Gasteiger partial charge in [-0.3, -0.25) is 4.90 Å². The summed E-state index contributed by atoms with van der Waals surface area (Å²) in [5, 5.41) is 13.7. The number of nitrogens with zero attached hydrogens (tertiary/aromatic N) is 8. The molecule has 5 heterocycles. The molecule has 1 saturated heterocycles. The predicted molar refractivity (Wildman–Crippen MR) is 143 cm³/mol. The van der Waals surface area contributed by atoms with Crippen molar-refractivity contribution in [3.05, 3.63) is 82.2 Å². The van der Waals surface area contributed by atoms with Crippen LogP contribution < -0.4 is 4.90 Å². The quantitative estimate of drug-likeness (QED) is 0.376. The van der Waals surface area contributed by atoms with E-state index in [0.717, 1.165) is 56.3 Å². The van der Waals surface area contributed by atoms with E-state index in [-0.39, 0.29) is 6.04 Å². The molecule has 8 nitrogen and oxygen atoms in total. The molecular formula is C27H28N8S. The van der Waals surface area contributed by atoms with E-state index in [4.69, 9.17) is 4.98 Å². The number of fused-ring (bicyclic) bond motifs is 5. The number of benzene rings is 2. The van der Waals surface area contributed by atoms with Crippen molar-refractivity contribution < 1.29 is 0 Å². The molecule has 0 atom stereocenters. The minimum absolute atomic E-state index is 0.246. The van der Waals surface area contributed by atoms with Gasteiger partial charge in [0.1, 0.15) is 10.6 Å². The highest BCUT2D eigenvalue weighted by Crippen LogP contribution is 2.40. The Morgan fingerprint density at radius 3 is 2.25 bits per heavy atom. The highest BCUT2D eigenvalue weighted by Gasteiger charge is 2.30. The van der Waals surface area contributed by atoms with E-state index >= 15 is 0 Å². The molecule has 2 aromatic carbocycles. The molecule has 36 heavy (non-hydrogen) atoms. The van der Waals surface area contributed by atoms with Crippen LogP contribution in [0.2, 0.25) is 0 Å². The van der Waals surface area contributed by atoms with Crippen molar-refractivity contribution in [2.24, 2.45) is 0 Å². The van der Waals surface area contributed by atoms with Crippen LogP contribution in [-0.2, 0) is 13.0 Å². The van der Waals surface area contributed by atoms with Gasteiger partial charge < -0.3 is 9.80 Å². The molecule has 2 aliphatic rings. The lowest BCUT2D eigenvalue weighted by molar-refractivity contribution is 0.212. The fourth-order valence-corrected chi connectivity index (χ4v) is 7.10. The molecular weight excluding hydrogens is 468 g/mol. The monoisotopic (exact) mass is 496 g/mol. The predicted octanol–water partition coefficient (Wildman–Crippen LogP) is 3.63. The Bertz CT molecular complexity index is 1470. The van der Waals surface area contributed by atoms with Crippen molar-refractivity contribution in [3.63, 3.8) is 0 Å². The van der Waals surface area contributed by atoms with Gasteiger partial charge in [0, 0.05) is 44.1 Å². The molecule has 0 spiro atoms. The van der Waals surface area contributed by atoms with E-state index in [1.807, 2.05) is 15.9 Å². The SMILES string of the molecule is CN1CCc2c(sc3c2c(N2CCN(C(c4ccccc4)c4ccccc4)CC2)nc2nnnn23)C1. The zero-order valence-corrected chi connectivity index (χ0v) is 21.1. The molecule has 182 valence electrons. The molecule has 7 rings (SSSR count). The van der Waals surface area contributed by atoms with E-state index in [2.05, 4.69) is 97.9 Å². The van der Waals surface area contributed by atoms with Crippen LogP contribution in [-0.4, -0.2) is 74.6 Å². The minimum Gasteiger partial charge on any atom is -0.353 e. The number of rotatable bonds is 4. The zero-order valence-electron chi connectivity index (χ0n) is 20.3. The van der Waals surface area contributed by atoms with Gasteiger partial charge in [0.25, 0.3) is 5.78 Å². The summed E-state index contributed by atoms with van der Waals surface area (Å²) in [5.74, 6) is 1.63. The Labute approximate surface area is 213 Å². The van der Waals surface area contributed by atoms with Crippen LogP contribution in [0, 0.1) is 0 Å². The second kappa shape index (κ2) is 8.92. The van der Waals surface area contributed by atoms with E-state index in [1.165, 1.54) is 27.0 Å². The Balaban J connectivity index is 1.24. The van der Waals surface area contributed by atoms with Crippen molar-refractivity contribution in [1.29, 1.82) is 0 Å². The van der Waals surface area contributed by atoms with Crippen LogP contribution >= 0.6 is 11.3 Å². The van der Waals surface area contributed by atoms with Crippen LogP contribution in [0.1, 0.15) is 27.6 Å². The summed E-state index contributed by atoms with van der Waals surface area (Å²) >= 11 is 1.82. The third-order valence-corrected chi connectivity index (χ3v) is 8.71. The maximum atomic E-state index is 5.00. The maximum absolute atomic E-state index is 5.00. The fraction of sp³-hybridized carbons (Fsp3) is 0.333. The number of tetrazole rings is 1. The van der Waals surface area contributed by atoms with Crippen molar-refractivity contribution in [3.8, 4) is 0 Å². The van der Waals surface area contributed by atoms with Crippen LogP contribution in [0.3, 0.4) is 0 Å². The van der Waals surface area contributed by atoms with Gasteiger partial charge in [-0.2, -0.15) is 9.50 Å². The summed E-state index contributed by atoms with van der Waals surface area (Å²) in [6.07, 6.45) is 1.04. The number of piperazine rings is 1. The standard InChI is InChI=1S/C27H28N8S/c1-32-13-12-21-22(18-32)36-26-23(21)25(28-27-29-30-31-35(26)27)34-16-14-33(15-17-34)24(19-8-4-2-5-9-19)20-10-6-3-7-11-20/h2-11,24H,12-18H2,1H3. The van der Waals surface area contributed by atoms with Gasteiger partial charge in [-0.05, 0) is 40.6 Å². The number of aromatic nitrogens is 5. The van der Waals surface area contributed by atoms with Gasteiger partial charge in [0.05, 0.1) is 11.4 Å². The van der Waals surface area contributed by atoms with E-state index in [1.54, 1.807) is 0 Å². The molecule has 5 aromatic rings. The van der Waals surface area contributed by atoms with Gasteiger partial charge >= 0.3 is 0 Å². The van der Waals surface area contributed by atoms with Gasteiger partial charge in [0.15, 0.2) is 0 Å². The highest BCUT2D eigenvalue weighted by molar-refractivity contribution is 7.19. The first-order chi connectivity index (χ1) is 17.8. The van der Waals surface area contributed by atoms with Crippen molar-refractivity contribution >= 4 is 33.1 Å². The molecule has 2 aliphatic heterocycles. The topological polar surface area (TPSA) is 65.7 Å². The van der Waals surface area contributed by atoms with Gasteiger partial charge in [0.2, 0.25) is 0 Å². The summed E-state index contributed by atoms with van der Waals surface area (Å²) in [4.78, 5) is 15.0. The molecule has 0 bridgehead atoms. The molecule has 0 unspecified atom stereocenters. The molecule has 3 aromatic heterocycles. The third kappa shape index (κ3) is 3.66. The number of hydrogen-bond donors (Lipinski definition) is 0. The molecule has 0 amide bonds. The fourth-order valence-electron chi connectivity index (χ4n) is 5.74. The lowest BCUT2D eigenvalue weighted by atomic mass is 9.96. The third-order valence-electron chi connectivity index (χ3n) is 7.51. The van der Waals surface area contributed by atoms with Crippen LogP contribution in [0.5, 0.6) is 0 Å². The summed E-state index contributed by atoms with van der Waals surface area (Å²) in [7, 11) is 2.19. The van der Waals surface area contributed by atoms with Crippen LogP contribution in [0.25, 0.3) is 16.0 Å². The molecule has 0 saturated carbocycles. The largest absolute Gasteiger partial charge is 0.353 e. The van der Waals surface area contributed by atoms with Gasteiger partial charge in [-0.15, -0.1) is 11.3 Å². The van der Waals surface area contributed by atoms with E-state index in [0.29, 0.717) is 5.78 Å². The van der Waals surface area contributed by atoms with Crippen molar-refractivity contribution in [2.75, 3.05) is 44.7 Å². The van der Waals surface area contributed by atoms with E-state index in [9.17, 15) is 0 Å². The number of thiophene rings is 1. The summed E-state index contributed by atoms with van der Waals surface area (Å²) in [6, 6.07) is 22.0. The molecule has 0 N–H and O–H groups in total. The zero-order chi connectivity index (χ0) is 24.1. The Kier molecular flexibility index (Phi) is 5.41. The average Bonchev–Trinajstić information content (AvgIpc) is 3.54. The minimum atomic E-state index is 0.246. The second-order valence-corrected chi connectivity index (χ2v) is 10.8. The Hall–Kier alpha value is -3.40. The summed E-state index contributed by atoms with van der Waals surface area (Å²) in [6.45, 7) is 5.80.